The van der Waals surface area contributed by atoms with Crippen molar-refractivity contribution in [2.24, 2.45) is 0 Å². The first-order chi connectivity index (χ1) is 7.58. The van der Waals surface area contributed by atoms with Gasteiger partial charge in [0.15, 0.2) is 5.78 Å². The van der Waals surface area contributed by atoms with E-state index in [2.05, 4.69) is 4.98 Å². The lowest BCUT2D eigenvalue weighted by molar-refractivity contribution is 0.102. The molecule has 0 bridgehead atoms. The summed E-state index contributed by atoms with van der Waals surface area (Å²) in [6.45, 7) is 3.41. The molecule has 0 saturated carbocycles. The Morgan fingerprint density at radius 2 is 2.19 bits per heavy atom. The molecule has 3 nitrogen and oxygen atoms in total. The summed E-state index contributed by atoms with van der Waals surface area (Å²) in [4.78, 5) is 16.4. The van der Waals surface area contributed by atoms with E-state index in [0.29, 0.717) is 5.69 Å². The molecule has 1 heterocycles. The summed E-state index contributed by atoms with van der Waals surface area (Å²) < 4.78 is 0. The van der Waals surface area contributed by atoms with Gasteiger partial charge >= 0.3 is 0 Å². The number of thiazole rings is 1. The van der Waals surface area contributed by atoms with Crippen molar-refractivity contribution in [3.8, 4) is 10.6 Å². The number of carbonyl (C=O) groups is 1. The molecule has 0 aliphatic heterocycles. The highest BCUT2D eigenvalue weighted by atomic mass is 32.1. The minimum absolute atomic E-state index is 0.0603. The standard InChI is InChI=1S/C12H12N2OS/c1-7-11(8(2)15)16-12(14-7)9-4-3-5-10(13)6-9/h3-6H,13H2,1-2H3. The van der Waals surface area contributed by atoms with Crippen LogP contribution in [0, 0.1) is 6.92 Å². The number of ketones is 1. The van der Waals surface area contributed by atoms with Crippen LogP contribution in [-0.2, 0) is 0 Å². The van der Waals surface area contributed by atoms with Crippen LogP contribution in [0.2, 0.25) is 0 Å². The van der Waals surface area contributed by atoms with Crippen LogP contribution in [0.15, 0.2) is 24.3 Å². The molecule has 0 atom stereocenters. The smallest absolute Gasteiger partial charge is 0.171 e. The maximum absolute atomic E-state index is 11.3. The summed E-state index contributed by atoms with van der Waals surface area (Å²) in [6, 6.07) is 7.52. The number of anilines is 1. The third kappa shape index (κ3) is 1.97. The number of aryl methyl sites for hydroxylation is 1. The van der Waals surface area contributed by atoms with E-state index >= 15 is 0 Å². The van der Waals surface area contributed by atoms with Crippen LogP contribution in [0.4, 0.5) is 5.69 Å². The molecule has 0 spiro atoms. The fourth-order valence-corrected chi connectivity index (χ4v) is 2.48. The maximum atomic E-state index is 11.3. The van der Waals surface area contributed by atoms with Crippen molar-refractivity contribution < 1.29 is 4.79 Å². The number of aromatic nitrogens is 1. The number of hydrogen-bond acceptors (Lipinski definition) is 4. The van der Waals surface area contributed by atoms with Gasteiger partial charge in [-0.3, -0.25) is 4.79 Å². The fourth-order valence-electron chi connectivity index (χ4n) is 1.52. The lowest BCUT2D eigenvalue weighted by Gasteiger charge is -1.96. The second-order valence-corrected chi connectivity index (χ2v) is 4.61. The highest BCUT2D eigenvalue weighted by Crippen LogP contribution is 2.29. The molecule has 0 unspecified atom stereocenters. The Balaban J connectivity index is 2.49. The molecule has 0 aliphatic rings. The quantitative estimate of drug-likeness (QED) is 0.639. The van der Waals surface area contributed by atoms with Crippen molar-refractivity contribution in [3.05, 3.63) is 34.8 Å². The number of nitrogen functional groups attached to an aromatic ring is 1. The average Bonchev–Trinajstić information content (AvgIpc) is 2.60. The molecule has 2 rings (SSSR count). The number of carbonyl (C=O) groups excluding carboxylic acids is 1. The zero-order valence-corrected chi connectivity index (χ0v) is 9.97. The molecule has 1 aromatic carbocycles. The Labute approximate surface area is 97.9 Å². The summed E-state index contributed by atoms with van der Waals surface area (Å²) >= 11 is 1.41. The van der Waals surface area contributed by atoms with E-state index in [-0.39, 0.29) is 5.78 Å². The molecule has 0 amide bonds. The van der Waals surface area contributed by atoms with Gasteiger partial charge in [0.25, 0.3) is 0 Å². The van der Waals surface area contributed by atoms with Crippen molar-refractivity contribution in [1.82, 2.24) is 4.98 Å². The van der Waals surface area contributed by atoms with Gasteiger partial charge in [0.2, 0.25) is 0 Å². The van der Waals surface area contributed by atoms with Crippen LogP contribution in [0.25, 0.3) is 10.6 Å². The highest BCUT2D eigenvalue weighted by Gasteiger charge is 2.12. The number of nitrogens with zero attached hydrogens (tertiary/aromatic N) is 1. The number of rotatable bonds is 2. The van der Waals surface area contributed by atoms with Gasteiger partial charge in [-0.25, -0.2) is 4.98 Å². The number of nitrogens with two attached hydrogens (primary N) is 1. The Morgan fingerprint density at radius 1 is 1.44 bits per heavy atom. The topological polar surface area (TPSA) is 56.0 Å². The third-order valence-electron chi connectivity index (χ3n) is 2.25. The van der Waals surface area contributed by atoms with Gasteiger partial charge in [0.05, 0.1) is 10.6 Å². The Hall–Kier alpha value is -1.68. The van der Waals surface area contributed by atoms with E-state index in [0.717, 1.165) is 21.1 Å². The Morgan fingerprint density at radius 3 is 2.75 bits per heavy atom. The predicted molar refractivity (Wildman–Crippen MR) is 66.7 cm³/mol. The molecule has 4 heteroatoms. The first kappa shape index (κ1) is 10.8. The largest absolute Gasteiger partial charge is 0.399 e. The summed E-state index contributed by atoms with van der Waals surface area (Å²) in [5.74, 6) is 0.0603. The van der Waals surface area contributed by atoms with Gasteiger partial charge in [-0.15, -0.1) is 11.3 Å². The number of benzene rings is 1. The van der Waals surface area contributed by atoms with E-state index in [1.165, 1.54) is 11.3 Å². The monoisotopic (exact) mass is 232 g/mol. The zero-order valence-electron chi connectivity index (χ0n) is 9.15. The molecular weight excluding hydrogens is 220 g/mol. The average molecular weight is 232 g/mol. The fraction of sp³-hybridized carbons (Fsp3) is 0.167. The first-order valence-corrected chi connectivity index (χ1v) is 5.74. The van der Waals surface area contributed by atoms with Crippen LogP contribution in [-0.4, -0.2) is 10.8 Å². The Kier molecular flexibility index (Phi) is 2.75. The van der Waals surface area contributed by atoms with Crippen LogP contribution in [0.3, 0.4) is 0 Å². The second kappa shape index (κ2) is 4.06. The summed E-state index contributed by atoms with van der Waals surface area (Å²) in [7, 11) is 0. The van der Waals surface area contributed by atoms with E-state index in [4.69, 9.17) is 5.73 Å². The minimum atomic E-state index is 0.0603. The molecule has 0 saturated heterocycles. The molecule has 1 aromatic heterocycles. The minimum Gasteiger partial charge on any atom is -0.399 e. The van der Waals surface area contributed by atoms with Gasteiger partial charge in [-0.1, -0.05) is 12.1 Å². The predicted octanol–water partition coefficient (Wildman–Crippen LogP) is 2.90. The second-order valence-electron chi connectivity index (χ2n) is 3.62. The molecule has 82 valence electrons. The van der Waals surface area contributed by atoms with Crippen LogP contribution in [0.5, 0.6) is 0 Å². The molecule has 16 heavy (non-hydrogen) atoms. The van der Waals surface area contributed by atoms with Gasteiger partial charge in [0.1, 0.15) is 5.01 Å². The van der Waals surface area contributed by atoms with Crippen molar-refractivity contribution in [3.63, 3.8) is 0 Å². The van der Waals surface area contributed by atoms with E-state index in [1.807, 2.05) is 31.2 Å². The van der Waals surface area contributed by atoms with Gasteiger partial charge in [-0.2, -0.15) is 0 Å². The van der Waals surface area contributed by atoms with Crippen molar-refractivity contribution in [2.45, 2.75) is 13.8 Å². The normalized spacial score (nSPS) is 10.4. The number of Topliss-reactive ketones (excluding diaryl/α,β-unsaturated/α-hetero) is 1. The molecule has 0 aliphatic carbocycles. The summed E-state index contributed by atoms with van der Waals surface area (Å²) in [5.41, 5.74) is 8.16. The molecule has 2 aromatic rings. The van der Waals surface area contributed by atoms with E-state index < -0.39 is 0 Å². The SMILES string of the molecule is CC(=O)c1sc(-c2cccc(N)c2)nc1C. The van der Waals surface area contributed by atoms with E-state index in [1.54, 1.807) is 6.92 Å². The maximum Gasteiger partial charge on any atom is 0.171 e. The third-order valence-corrected chi connectivity index (χ3v) is 3.56. The number of hydrogen-bond donors (Lipinski definition) is 1. The lowest BCUT2D eigenvalue weighted by atomic mass is 10.2. The van der Waals surface area contributed by atoms with E-state index in [9.17, 15) is 4.79 Å². The van der Waals surface area contributed by atoms with Crippen LogP contribution in [0.1, 0.15) is 22.3 Å². The molecule has 0 fully saturated rings. The summed E-state index contributed by atoms with van der Waals surface area (Å²) in [5, 5.41) is 0.843. The molecule has 0 radical (unpaired) electrons. The van der Waals surface area contributed by atoms with Crippen LogP contribution < -0.4 is 5.73 Å². The van der Waals surface area contributed by atoms with Crippen molar-refractivity contribution >= 4 is 22.8 Å². The lowest BCUT2D eigenvalue weighted by Crippen LogP contribution is -1.89. The summed E-state index contributed by atoms with van der Waals surface area (Å²) in [6.07, 6.45) is 0. The van der Waals surface area contributed by atoms with Gasteiger partial charge in [0, 0.05) is 18.2 Å². The molecular formula is C12H12N2OS. The zero-order chi connectivity index (χ0) is 11.7. The van der Waals surface area contributed by atoms with Crippen LogP contribution >= 0.6 is 11.3 Å². The molecule has 2 N–H and O–H groups in total. The van der Waals surface area contributed by atoms with Gasteiger partial charge < -0.3 is 5.73 Å². The van der Waals surface area contributed by atoms with Crippen molar-refractivity contribution in [2.75, 3.05) is 5.73 Å². The Bertz CT molecular complexity index is 546. The first-order valence-electron chi connectivity index (χ1n) is 4.92. The highest BCUT2D eigenvalue weighted by molar-refractivity contribution is 7.17. The van der Waals surface area contributed by atoms with Crippen molar-refractivity contribution in [1.29, 1.82) is 0 Å². The van der Waals surface area contributed by atoms with Gasteiger partial charge in [-0.05, 0) is 19.1 Å².